The van der Waals surface area contributed by atoms with Crippen LogP contribution in [0, 0.1) is 22.5 Å². The molecule has 0 saturated heterocycles. The minimum absolute atomic E-state index is 0.0512. The highest BCUT2D eigenvalue weighted by atomic mass is 16.6. The summed E-state index contributed by atoms with van der Waals surface area (Å²) < 4.78 is 0. The molecule has 0 heterocycles. The number of nitrogens with one attached hydrogen (secondary N) is 1. The average Bonchev–Trinajstić information content (AvgIpc) is 2.44. The number of nitrogens with zero attached hydrogens (tertiary/aromatic N) is 2. The first-order chi connectivity index (χ1) is 9.56. The predicted molar refractivity (Wildman–Crippen MR) is 75.9 cm³/mol. The number of terminal acetylenes is 1. The van der Waals surface area contributed by atoms with Crippen molar-refractivity contribution in [3.05, 3.63) is 39.9 Å². The van der Waals surface area contributed by atoms with Crippen LogP contribution in [0.15, 0.2) is 24.3 Å². The van der Waals surface area contributed by atoms with Crippen molar-refractivity contribution in [3.8, 4) is 12.3 Å². The lowest BCUT2D eigenvalue weighted by Gasteiger charge is -2.19. The van der Waals surface area contributed by atoms with Gasteiger partial charge in [-0.3, -0.25) is 19.8 Å². The molecule has 0 aliphatic rings. The number of hydrogen-bond donors (Lipinski definition) is 1. The number of carbonyl (C=O) groups excluding carboxylic acids is 1. The first-order valence-corrected chi connectivity index (χ1v) is 6.22. The topological polar surface area (TPSA) is 75.5 Å². The van der Waals surface area contributed by atoms with Crippen LogP contribution in [-0.2, 0) is 11.3 Å². The standard InChI is InChI=1S/C14H17N3O3/c1-3-8-15-14(18)11-16(4-2)10-12-6-5-7-13(9-12)17(19)20/h1,5-7,9H,4,8,10-11H2,2H3,(H,15,18). The molecule has 1 aromatic carbocycles. The van der Waals surface area contributed by atoms with Gasteiger partial charge in [0.1, 0.15) is 0 Å². The monoisotopic (exact) mass is 275 g/mol. The highest BCUT2D eigenvalue weighted by Crippen LogP contribution is 2.14. The van der Waals surface area contributed by atoms with E-state index in [0.717, 1.165) is 5.56 Å². The zero-order chi connectivity index (χ0) is 15.0. The van der Waals surface area contributed by atoms with Gasteiger partial charge in [0.25, 0.3) is 5.69 Å². The smallest absolute Gasteiger partial charge is 0.269 e. The van der Waals surface area contributed by atoms with Gasteiger partial charge in [-0.2, -0.15) is 0 Å². The largest absolute Gasteiger partial charge is 0.344 e. The molecule has 106 valence electrons. The summed E-state index contributed by atoms with van der Waals surface area (Å²) in [5, 5.41) is 13.3. The van der Waals surface area contributed by atoms with E-state index in [4.69, 9.17) is 6.42 Å². The third kappa shape index (κ3) is 5.08. The average molecular weight is 275 g/mol. The number of amides is 1. The van der Waals surface area contributed by atoms with Crippen LogP contribution in [0.4, 0.5) is 5.69 Å². The molecule has 0 fully saturated rings. The number of rotatable bonds is 7. The number of hydrogen-bond acceptors (Lipinski definition) is 4. The zero-order valence-corrected chi connectivity index (χ0v) is 11.3. The second-order valence-electron chi connectivity index (χ2n) is 4.21. The molecule has 0 aliphatic carbocycles. The van der Waals surface area contributed by atoms with Gasteiger partial charge in [0.15, 0.2) is 0 Å². The summed E-state index contributed by atoms with van der Waals surface area (Å²) >= 11 is 0. The van der Waals surface area contributed by atoms with E-state index >= 15 is 0 Å². The Morgan fingerprint density at radius 3 is 2.90 bits per heavy atom. The molecule has 0 radical (unpaired) electrons. The molecule has 1 N–H and O–H groups in total. The molecule has 1 aromatic rings. The number of non-ortho nitro benzene ring substituents is 1. The van der Waals surface area contributed by atoms with Crippen molar-refractivity contribution in [2.45, 2.75) is 13.5 Å². The Morgan fingerprint density at radius 2 is 2.30 bits per heavy atom. The third-order valence-corrected chi connectivity index (χ3v) is 2.73. The van der Waals surface area contributed by atoms with Gasteiger partial charge in [0.2, 0.25) is 5.91 Å². The molecule has 1 amide bonds. The van der Waals surface area contributed by atoms with Crippen molar-refractivity contribution < 1.29 is 9.72 Å². The molecule has 0 unspecified atom stereocenters. The zero-order valence-electron chi connectivity index (χ0n) is 11.3. The van der Waals surface area contributed by atoms with E-state index < -0.39 is 4.92 Å². The van der Waals surface area contributed by atoms with E-state index in [1.165, 1.54) is 12.1 Å². The number of nitro benzene ring substituents is 1. The minimum Gasteiger partial charge on any atom is -0.344 e. The summed E-state index contributed by atoms with van der Waals surface area (Å²) in [7, 11) is 0. The van der Waals surface area contributed by atoms with Crippen molar-refractivity contribution in [2.75, 3.05) is 19.6 Å². The van der Waals surface area contributed by atoms with Crippen molar-refractivity contribution in [3.63, 3.8) is 0 Å². The van der Waals surface area contributed by atoms with Gasteiger partial charge in [-0.05, 0) is 12.1 Å². The maximum absolute atomic E-state index is 11.6. The van der Waals surface area contributed by atoms with Gasteiger partial charge in [0, 0.05) is 18.7 Å². The van der Waals surface area contributed by atoms with E-state index in [-0.39, 0.29) is 24.7 Å². The Labute approximate surface area is 117 Å². The molecule has 0 aliphatic heterocycles. The molecular weight excluding hydrogens is 258 g/mol. The normalized spacial score (nSPS) is 10.1. The third-order valence-electron chi connectivity index (χ3n) is 2.73. The van der Waals surface area contributed by atoms with Crippen molar-refractivity contribution in [1.29, 1.82) is 0 Å². The molecule has 0 spiro atoms. The second-order valence-corrected chi connectivity index (χ2v) is 4.21. The van der Waals surface area contributed by atoms with Gasteiger partial charge in [0.05, 0.1) is 18.0 Å². The number of likely N-dealkylation sites (N-methyl/N-ethyl adjacent to an activating group) is 1. The fourth-order valence-electron chi connectivity index (χ4n) is 1.71. The van der Waals surface area contributed by atoms with Crippen molar-refractivity contribution in [1.82, 2.24) is 10.2 Å². The molecule has 0 bridgehead atoms. The van der Waals surface area contributed by atoms with Crippen LogP contribution in [0.3, 0.4) is 0 Å². The summed E-state index contributed by atoms with van der Waals surface area (Å²) in [6.07, 6.45) is 5.07. The Balaban J connectivity index is 2.64. The van der Waals surface area contributed by atoms with E-state index in [0.29, 0.717) is 13.1 Å². The molecule has 6 heteroatoms. The van der Waals surface area contributed by atoms with Crippen LogP contribution in [0.5, 0.6) is 0 Å². The maximum atomic E-state index is 11.6. The number of nitro groups is 1. The molecular formula is C14H17N3O3. The summed E-state index contributed by atoms with van der Waals surface area (Å²) in [4.78, 5) is 23.7. The van der Waals surface area contributed by atoms with E-state index in [2.05, 4.69) is 11.2 Å². The first kappa shape index (κ1) is 15.7. The van der Waals surface area contributed by atoms with Crippen molar-refractivity contribution in [2.24, 2.45) is 0 Å². The number of carbonyl (C=O) groups is 1. The summed E-state index contributed by atoms with van der Waals surface area (Å²) in [6.45, 7) is 3.47. The lowest BCUT2D eigenvalue weighted by atomic mass is 10.2. The fourth-order valence-corrected chi connectivity index (χ4v) is 1.71. The van der Waals surface area contributed by atoms with Crippen molar-refractivity contribution >= 4 is 11.6 Å². The molecule has 20 heavy (non-hydrogen) atoms. The van der Waals surface area contributed by atoms with E-state index in [1.807, 2.05) is 11.8 Å². The second kappa shape index (κ2) is 7.92. The summed E-state index contributed by atoms with van der Waals surface area (Å²) in [5.74, 6) is 2.18. The Hall–Kier alpha value is -2.39. The minimum atomic E-state index is -0.431. The summed E-state index contributed by atoms with van der Waals surface area (Å²) in [5.41, 5.74) is 0.848. The van der Waals surface area contributed by atoms with Crippen LogP contribution in [0.2, 0.25) is 0 Å². The molecule has 0 saturated carbocycles. The van der Waals surface area contributed by atoms with Gasteiger partial charge in [-0.1, -0.05) is 25.0 Å². The molecule has 6 nitrogen and oxygen atoms in total. The Bertz CT molecular complexity index is 523. The summed E-state index contributed by atoms with van der Waals surface area (Å²) in [6, 6.07) is 6.40. The van der Waals surface area contributed by atoms with E-state index in [9.17, 15) is 14.9 Å². The predicted octanol–water partition coefficient (Wildman–Crippen LogP) is 1.17. The first-order valence-electron chi connectivity index (χ1n) is 6.22. The lowest BCUT2D eigenvalue weighted by Crippen LogP contribution is -2.36. The Kier molecular flexibility index (Phi) is 6.20. The Morgan fingerprint density at radius 1 is 1.55 bits per heavy atom. The SMILES string of the molecule is C#CCNC(=O)CN(CC)Cc1cccc([N+](=O)[O-])c1. The number of benzene rings is 1. The van der Waals surface area contributed by atoms with Crippen LogP contribution in [0.25, 0.3) is 0 Å². The fraction of sp³-hybridized carbons (Fsp3) is 0.357. The van der Waals surface area contributed by atoms with Crippen LogP contribution >= 0.6 is 0 Å². The van der Waals surface area contributed by atoms with Crippen LogP contribution in [-0.4, -0.2) is 35.4 Å². The molecule has 0 aromatic heterocycles. The maximum Gasteiger partial charge on any atom is 0.269 e. The van der Waals surface area contributed by atoms with Gasteiger partial charge >= 0.3 is 0 Å². The van der Waals surface area contributed by atoms with Crippen LogP contribution in [0.1, 0.15) is 12.5 Å². The quantitative estimate of drug-likeness (QED) is 0.460. The lowest BCUT2D eigenvalue weighted by molar-refractivity contribution is -0.384. The van der Waals surface area contributed by atoms with Crippen LogP contribution < -0.4 is 5.32 Å². The highest BCUT2D eigenvalue weighted by molar-refractivity contribution is 5.78. The van der Waals surface area contributed by atoms with Gasteiger partial charge in [-0.25, -0.2) is 0 Å². The molecule has 0 atom stereocenters. The highest BCUT2D eigenvalue weighted by Gasteiger charge is 2.11. The van der Waals surface area contributed by atoms with E-state index in [1.54, 1.807) is 12.1 Å². The van der Waals surface area contributed by atoms with Gasteiger partial charge < -0.3 is 5.32 Å². The molecule has 1 rings (SSSR count). The van der Waals surface area contributed by atoms with Gasteiger partial charge in [-0.15, -0.1) is 6.42 Å².